The van der Waals surface area contributed by atoms with Gasteiger partial charge in [-0.2, -0.15) is 0 Å². The topological polar surface area (TPSA) is 50.8 Å². The summed E-state index contributed by atoms with van der Waals surface area (Å²) in [6, 6.07) is 0. The molecule has 1 N–H and O–H groups in total. The lowest BCUT2D eigenvalue weighted by atomic mass is 10.0. The summed E-state index contributed by atoms with van der Waals surface area (Å²) < 4.78 is 10.9. The van der Waals surface area contributed by atoms with Gasteiger partial charge in [-0.05, 0) is 41.5 Å². The molecule has 1 atom stereocenters. The fraction of sp³-hybridized carbons (Fsp3) is 0.929. The van der Waals surface area contributed by atoms with Crippen molar-refractivity contribution in [1.82, 2.24) is 10.2 Å². The van der Waals surface area contributed by atoms with Crippen molar-refractivity contribution < 1.29 is 14.3 Å². The van der Waals surface area contributed by atoms with Gasteiger partial charge in [0.05, 0.1) is 12.7 Å². The SMILES string of the molecule is CC(C)(C)OC(=O)NC[C@@H]1CN(C(C)(C)C)CCO1. The van der Waals surface area contributed by atoms with Crippen LogP contribution in [0, 0.1) is 0 Å². The van der Waals surface area contributed by atoms with Crippen LogP contribution >= 0.6 is 0 Å². The Kier molecular flexibility index (Phi) is 5.21. The summed E-state index contributed by atoms with van der Waals surface area (Å²) in [5, 5.41) is 2.77. The van der Waals surface area contributed by atoms with Crippen molar-refractivity contribution in [1.29, 1.82) is 0 Å². The highest BCUT2D eigenvalue weighted by Crippen LogP contribution is 2.17. The molecule has 1 rings (SSSR count). The van der Waals surface area contributed by atoms with Crippen LogP contribution in [0.15, 0.2) is 0 Å². The quantitative estimate of drug-likeness (QED) is 0.835. The van der Waals surface area contributed by atoms with Crippen LogP contribution in [0.4, 0.5) is 4.79 Å². The van der Waals surface area contributed by atoms with E-state index in [1.807, 2.05) is 20.8 Å². The highest BCUT2D eigenvalue weighted by molar-refractivity contribution is 5.67. The second-order valence-electron chi connectivity index (χ2n) is 6.99. The second kappa shape index (κ2) is 6.09. The first-order chi connectivity index (χ1) is 8.58. The molecule has 0 aromatic heterocycles. The summed E-state index contributed by atoms with van der Waals surface area (Å²) in [4.78, 5) is 14.0. The monoisotopic (exact) mass is 272 g/mol. The van der Waals surface area contributed by atoms with Gasteiger partial charge in [-0.15, -0.1) is 0 Å². The van der Waals surface area contributed by atoms with Gasteiger partial charge in [0.25, 0.3) is 0 Å². The zero-order valence-electron chi connectivity index (χ0n) is 13.1. The molecular formula is C14H28N2O3. The Morgan fingerprint density at radius 1 is 1.32 bits per heavy atom. The number of hydrogen-bond donors (Lipinski definition) is 1. The smallest absolute Gasteiger partial charge is 0.407 e. The summed E-state index contributed by atoms with van der Waals surface area (Å²) >= 11 is 0. The minimum atomic E-state index is -0.463. The minimum absolute atomic E-state index is 0.0282. The van der Waals surface area contributed by atoms with Gasteiger partial charge in [0, 0.05) is 25.2 Å². The van der Waals surface area contributed by atoms with Crippen molar-refractivity contribution >= 4 is 6.09 Å². The molecule has 1 fully saturated rings. The number of carbonyl (C=O) groups is 1. The van der Waals surface area contributed by atoms with Gasteiger partial charge in [0.2, 0.25) is 0 Å². The summed E-state index contributed by atoms with van der Waals surface area (Å²) in [5.74, 6) is 0. The van der Waals surface area contributed by atoms with E-state index in [0.717, 1.165) is 13.1 Å². The van der Waals surface area contributed by atoms with E-state index in [4.69, 9.17) is 9.47 Å². The molecule has 1 saturated heterocycles. The minimum Gasteiger partial charge on any atom is -0.444 e. The number of nitrogens with one attached hydrogen (secondary N) is 1. The molecule has 1 amide bonds. The molecule has 1 aliphatic heterocycles. The molecule has 5 heteroatoms. The maximum Gasteiger partial charge on any atom is 0.407 e. The van der Waals surface area contributed by atoms with E-state index in [9.17, 15) is 4.79 Å². The van der Waals surface area contributed by atoms with E-state index in [0.29, 0.717) is 13.2 Å². The van der Waals surface area contributed by atoms with Crippen molar-refractivity contribution in [2.45, 2.75) is 58.8 Å². The molecular weight excluding hydrogens is 244 g/mol. The van der Waals surface area contributed by atoms with Crippen LogP contribution in [0.5, 0.6) is 0 Å². The molecule has 0 bridgehead atoms. The zero-order valence-corrected chi connectivity index (χ0v) is 13.1. The third-order valence-electron chi connectivity index (χ3n) is 2.96. The van der Waals surface area contributed by atoms with Crippen LogP contribution in [0.1, 0.15) is 41.5 Å². The Morgan fingerprint density at radius 3 is 2.47 bits per heavy atom. The molecule has 112 valence electrons. The Morgan fingerprint density at radius 2 is 1.95 bits per heavy atom. The Hall–Kier alpha value is -0.810. The van der Waals surface area contributed by atoms with Crippen LogP contribution < -0.4 is 5.32 Å². The van der Waals surface area contributed by atoms with E-state index in [1.54, 1.807) is 0 Å². The Bertz CT molecular complexity index is 305. The average molecular weight is 272 g/mol. The number of ether oxygens (including phenoxy) is 2. The van der Waals surface area contributed by atoms with Crippen LogP contribution in [0.3, 0.4) is 0 Å². The van der Waals surface area contributed by atoms with Crippen molar-refractivity contribution in [3.63, 3.8) is 0 Å². The Labute approximate surface area is 116 Å². The molecule has 1 aliphatic rings. The number of rotatable bonds is 2. The van der Waals surface area contributed by atoms with Gasteiger partial charge >= 0.3 is 6.09 Å². The second-order valence-corrected chi connectivity index (χ2v) is 6.99. The molecule has 0 aromatic carbocycles. The summed E-state index contributed by atoms with van der Waals surface area (Å²) in [6.45, 7) is 15.1. The molecule has 0 aromatic rings. The van der Waals surface area contributed by atoms with E-state index < -0.39 is 5.60 Å². The lowest BCUT2D eigenvalue weighted by Crippen LogP contribution is -2.54. The molecule has 5 nitrogen and oxygen atoms in total. The molecule has 0 aliphatic carbocycles. The number of amides is 1. The zero-order chi connectivity index (χ0) is 14.7. The first-order valence-electron chi connectivity index (χ1n) is 6.91. The van der Waals surface area contributed by atoms with Crippen molar-refractivity contribution in [2.24, 2.45) is 0 Å². The normalized spacial score (nSPS) is 22.1. The molecule has 0 spiro atoms. The van der Waals surface area contributed by atoms with Crippen LogP contribution in [-0.2, 0) is 9.47 Å². The number of carbonyl (C=O) groups excluding carboxylic acids is 1. The summed E-state index contributed by atoms with van der Waals surface area (Å²) in [6.07, 6.45) is -0.357. The predicted molar refractivity (Wildman–Crippen MR) is 75.3 cm³/mol. The molecule has 1 heterocycles. The lowest BCUT2D eigenvalue weighted by Gasteiger charge is -2.41. The van der Waals surface area contributed by atoms with Gasteiger partial charge in [0.1, 0.15) is 5.60 Å². The van der Waals surface area contributed by atoms with Crippen molar-refractivity contribution in [3.05, 3.63) is 0 Å². The fourth-order valence-corrected chi connectivity index (χ4v) is 1.96. The number of morpholine rings is 1. The maximum atomic E-state index is 11.6. The summed E-state index contributed by atoms with van der Waals surface area (Å²) in [7, 11) is 0. The maximum absolute atomic E-state index is 11.6. The standard InChI is InChI=1S/C14H28N2O3/c1-13(2,3)16-7-8-18-11(10-16)9-15-12(17)19-14(4,5)6/h11H,7-10H2,1-6H3,(H,15,17)/t11-/m1/s1. The third kappa shape index (κ3) is 6.25. The first kappa shape index (κ1) is 16.2. The van der Waals surface area contributed by atoms with Crippen molar-refractivity contribution in [3.8, 4) is 0 Å². The van der Waals surface area contributed by atoms with E-state index >= 15 is 0 Å². The highest BCUT2D eigenvalue weighted by Gasteiger charge is 2.28. The average Bonchev–Trinajstić information content (AvgIpc) is 2.23. The van der Waals surface area contributed by atoms with Gasteiger partial charge in [0.15, 0.2) is 0 Å². The number of nitrogens with zero attached hydrogens (tertiary/aromatic N) is 1. The lowest BCUT2D eigenvalue weighted by molar-refractivity contribution is -0.0569. The van der Waals surface area contributed by atoms with Gasteiger partial charge in [-0.25, -0.2) is 4.79 Å². The third-order valence-corrected chi connectivity index (χ3v) is 2.96. The first-order valence-corrected chi connectivity index (χ1v) is 6.91. The van der Waals surface area contributed by atoms with Crippen molar-refractivity contribution in [2.75, 3.05) is 26.2 Å². The van der Waals surface area contributed by atoms with E-state index in [-0.39, 0.29) is 17.7 Å². The number of alkyl carbamates (subject to hydrolysis) is 1. The Balaban J connectivity index is 2.35. The molecule has 19 heavy (non-hydrogen) atoms. The van der Waals surface area contributed by atoms with Gasteiger partial charge in [-0.1, -0.05) is 0 Å². The molecule has 0 unspecified atom stereocenters. The van der Waals surface area contributed by atoms with Crippen LogP contribution in [0.2, 0.25) is 0 Å². The number of hydrogen-bond acceptors (Lipinski definition) is 4. The van der Waals surface area contributed by atoms with Crippen LogP contribution in [-0.4, -0.2) is 54.5 Å². The molecule has 0 radical (unpaired) electrons. The van der Waals surface area contributed by atoms with Gasteiger partial charge in [-0.3, -0.25) is 4.90 Å². The predicted octanol–water partition coefficient (Wildman–Crippen LogP) is 2.01. The highest BCUT2D eigenvalue weighted by atomic mass is 16.6. The van der Waals surface area contributed by atoms with E-state index in [1.165, 1.54) is 0 Å². The fourth-order valence-electron chi connectivity index (χ4n) is 1.96. The summed E-state index contributed by atoms with van der Waals surface area (Å²) in [5.41, 5.74) is -0.330. The van der Waals surface area contributed by atoms with E-state index in [2.05, 4.69) is 31.0 Å². The van der Waals surface area contributed by atoms with Gasteiger partial charge < -0.3 is 14.8 Å². The van der Waals surface area contributed by atoms with Crippen LogP contribution in [0.25, 0.3) is 0 Å². The molecule has 0 saturated carbocycles. The largest absolute Gasteiger partial charge is 0.444 e.